The van der Waals surface area contributed by atoms with Crippen LogP contribution in [0.4, 0.5) is 0 Å². The largest absolute Gasteiger partial charge is 0.508 e. The maximum Gasteiger partial charge on any atom is 0.331 e. The molecule has 22 heteroatoms. The Morgan fingerprint density at radius 3 is 2.16 bits per heavy atom. The Morgan fingerprint density at radius 2 is 1.44 bits per heavy atom. The minimum atomic E-state index is -2.12. The standard InChI is InChI=1S/C41H44O22/c1-15-28(49)32(53)34(55)39(58-15)57-14-25-30(51)36(62-40-33(54)29(50)23(47)13-56-40)38(61-26(48)9-4-16-2-6-18(42)7-3-16)41(60-25)63-37-31(52)27-22(46)11-19(43)12-24(27)59-35(37)17-5-8-20(44)21(45)10-17/h2-12,15,23,25,28-30,32-34,36,38-47,49-51,53-55H,13-14H2,1H3/b9-4+/t15-,23-,25+,28-,29-,30+,32+,33+,34+,36-,38+,39+,40-,41-/m0/s1. The molecule has 4 heterocycles. The first-order valence-corrected chi connectivity index (χ1v) is 19.3. The summed E-state index contributed by atoms with van der Waals surface area (Å²) in [6.07, 6.45) is -22.7. The highest BCUT2D eigenvalue weighted by Gasteiger charge is 2.53. The van der Waals surface area contributed by atoms with Gasteiger partial charge in [0.15, 0.2) is 35.9 Å². The first kappa shape index (κ1) is 45.4. The van der Waals surface area contributed by atoms with Gasteiger partial charge in [0, 0.05) is 23.8 Å². The number of esters is 1. The topological polar surface area (TPSA) is 355 Å². The molecule has 340 valence electrons. The van der Waals surface area contributed by atoms with E-state index in [4.69, 9.17) is 37.6 Å². The van der Waals surface area contributed by atoms with Crippen LogP contribution in [-0.2, 0) is 33.2 Å². The van der Waals surface area contributed by atoms with Crippen molar-refractivity contribution in [1.82, 2.24) is 0 Å². The van der Waals surface area contributed by atoms with E-state index in [9.17, 15) is 70.9 Å². The van der Waals surface area contributed by atoms with Gasteiger partial charge in [0.25, 0.3) is 0 Å². The fourth-order valence-corrected chi connectivity index (χ4v) is 7.07. The van der Waals surface area contributed by atoms with E-state index < -0.39 is 151 Å². The number of aliphatic hydroxyl groups is 7. The average molecular weight is 889 g/mol. The van der Waals surface area contributed by atoms with Crippen molar-refractivity contribution in [1.29, 1.82) is 0 Å². The second-order valence-corrected chi connectivity index (χ2v) is 15.0. The number of ether oxygens (including phenoxy) is 7. The maximum atomic E-state index is 14.4. The molecule has 1 aromatic heterocycles. The van der Waals surface area contributed by atoms with Crippen LogP contribution in [0.5, 0.6) is 34.5 Å². The van der Waals surface area contributed by atoms with Gasteiger partial charge in [0.05, 0.1) is 19.3 Å². The summed E-state index contributed by atoms with van der Waals surface area (Å²) in [5.41, 5.74) is -1.26. The van der Waals surface area contributed by atoms with Crippen molar-refractivity contribution in [2.45, 2.75) is 92.9 Å². The molecule has 4 aromatic rings. The van der Waals surface area contributed by atoms with Gasteiger partial charge in [-0.05, 0) is 48.9 Å². The van der Waals surface area contributed by atoms with Crippen molar-refractivity contribution in [3.05, 3.63) is 76.5 Å². The average Bonchev–Trinajstić information content (AvgIpc) is 3.24. The summed E-state index contributed by atoms with van der Waals surface area (Å²) in [7, 11) is 0. The number of hydrogen-bond acceptors (Lipinski definition) is 22. The van der Waals surface area contributed by atoms with E-state index in [2.05, 4.69) is 0 Å². The van der Waals surface area contributed by atoms with Crippen LogP contribution >= 0.6 is 0 Å². The lowest BCUT2D eigenvalue weighted by Crippen LogP contribution is -2.65. The van der Waals surface area contributed by atoms with Crippen molar-refractivity contribution >= 4 is 23.0 Å². The minimum Gasteiger partial charge on any atom is -0.508 e. The van der Waals surface area contributed by atoms with E-state index in [1.165, 1.54) is 43.3 Å². The molecule has 3 saturated heterocycles. The number of benzene rings is 3. The molecule has 0 saturated carbocycles. The summed E-state index contributed by atoms with van der Waals surface area (Å²) in [5.74, 6) is -5.14. The highest BCUT2D eigenvalue weighted by Crippen LogP contribution is 2.40. The summed E-state index contributed by atoms with van der Waals surface area (Å²) < 4.78 is 46.6. The zero-order chi connectivity index (χ0) is 45.4. The normalized spacial score (nSPS) is 32.4. The summed E-state index contributed by atoms with van der Waals surface area (Å²) >= 11 is 0. The number of rotatable bonds is 11. The molecular weight excluding hydrogens is 844 g/mol. The van der Waals surface area contributed by atoms with Crippen LogP contribution in [0.25, 0.3) is 28.4 Å². The van der Waals surface area contributed by atoms with Crippen molar-refractivity contribution in [3.8, 4) is 45.8 Å². The van der Waals surface area contributed by atoms with Crippen molar-refractivity contribution in [2.75, 3.05) is 13.2 Å². The summed E-state index contributed by atoms with van der Waals surface area (Å²) in [6.45, 7) is 0.0171. The predicted molar refractivity (Wildman–Crippen MR) is 208 cm³/mol. The molecule has 0 spiro atoms. The molecule has 3 aliphatic rings. The quantitative estimate of drug-likeness (QED) is 0.0475. The number of carbonyl (C=O) groups excluding carboxylic acids is 1. The first-order valence-electron chi connectivity index (χ1n) is 19.3. The molecule has 22 nitrogen and oxygen atoms in total. The predicted octanol–water partition coefficient (Wildman–Crippen LogP) is -1.25. The molecule has 12 N–H and O–H groups in total. The lowest BCUT2D eigenvalue weighted by molar-refractivity contribution is -0.348. The first-order chi connectivity index (χ1) is 29.9. The zero-order valence-electron chi connectivity index (χ0n) is 32.8. The van der Waals surface area contributed by atoms with Gasteiger partial charge in [-0.3, -0.25) is 4.79 Å². The molecule has 3 aromatic carbocycles. The Bertz CT molecular complexity index is 2350. The van der Waals surface area contributed by atoms with Gasteiger partial charge < -0.3 is 98.9 Å². The van der Waals surface area contributed by atoms with Gasteiger partial charge in [-0.15, -0.1) is 0 Å². The number of hydrogen-bond donors (Lipinski definition) is 12. The van der Waals surface area contributed by atoms with Gasteiger partial charge in [-0.25, -0.2) is 4.79 Å². The third kappa shape index (κ3) is 9.52. The highest BCUT2D eigenvalue weighted by molar-refractivity contribution is 5.89. The van der Waals surface area contributed by atoms with E-state index in [0.717, 1.165) is 30.3 Å². The van der Waals surface area contributed by atoms with Gasteiger partial charge >= 0.3 is 5.97 Å². The number of phenolic OH excluding ortho intramolecular Hbond substituents is 5. The van der Waals surface area contributed by atoms with Crippen LogP contribution in [0.1, 0.15) is 12.5 Å². The van der Waals surface area contributed by atoms with Crippen LogP contribution < -0.4 is 10.2 Å². The van der Waals surface area contributed by atoms with Crippen LogP contribution in [-0.4, -0.2) is 166 Å². The monoisotopic (exact) mass is 888 g/mol. The second kappa shape index (κ2) is 18.6. The van der Waals surface area contributed by atoms with Gasteiger partial charge in [-0.2, -0.15) is 0 Å². The molecule has 3 fully saturated rings. The Kier molecular flexibility index (Phi) is 13.4. The molecule has 14 atom stereocenters. The molecule has 0 radical (unpaired) electrons. The van der Waals surface area contributed by atoms with E-state index in [-0.39, 0.29) is 16.9 Å². The maximum absolute atomic E-state index is 14.4. The molecule has 0 aliphatic carbocycles. The van der Waals surface area contributed by atoms with Gasteiger partial charge in [-0.1, -0.05) is 12.1 Å². The fourth-order valence-electron chi connectivity index (χ4n) is 7.07. The lowest BCUT2D eigenvalue weighted by atomic mass is 9.97. The smallest absolute Gasteiger partial charge is 0.331 e. The molecule has 63 heavy (non-hydrogen) atoms. The Hall–Kier alpha value is -5.60. The molecule has 0 bridgehead atoms. The number of carbonyl (C=O) groups is 1. The SMILES string of the molecule is C[C@@H]1O[C@@H](OC[C@H]2O[C@@H](Oc3c(-c4ccc(O)c(O)c4)oc4cc(O)cc(O)c4c3=O)[C@H](OC(=O)/C=C/c3ccc(O)cc3)[C@@H](O[C@@H]3OC[C@H](O)[C@H](O)[C@H]3O)[C@@H]2O)[C@H](O)[C@H](O)[C@H]1O. The molecule has 3 aliphatic heterocycles. The van der Waals surface area contributed by atoms with E-state index >= 15 is 0 Å². The summed E-state index contributed by atoms with van der Waals surface area (Å²) in [4.78, 5) is 28.0. The Labute approximate surface area is 354 Å². The van der Waals surface area contributed by atoms with Crippen molar-refractivity contribution in [3.63, 3.8) is 0 Å². The third-order valence-corrected chi connectivity index (χ3v) is 10.5. The van der Waals surface area contributed by atoms with Crippen LogP contribution in [0.2, 0.25) is 0 Å². The Balaban J connectivity index is 1.33. The highest BCUT2D eigenvalue weighted by atomic mass is 16.8. The van der Waals surface area contributed by atoms with Crippen molar-refractivity contribution in [2.24, 2.45) is 0 Å². The van der Waals surface area contributed by atoms with Crippen LogP contribution in [0.15, 0.2) is 69.9 Å². The van der Waals surface area contributed by atoms with E-state index in [1.54, 1.807) is 0 Å². The van der Waals surface area contributed by atoms with E-state index in [0.29, 0.717) is 5.56 Å². The zero-order valence-corrected chi connectivity index (χ0v) is 32.8. The summed E-state index contributed by atoms with van der Waals surface area (Å²) in [5, 5.41) is 125. The van der Waals surface area contributed by atoms with Crippen molar-refractivity contribution < 1.29 is 104 Å². The number of phenols is 5. The lowest BCUT2D eigenvalue weighted by Gasteiger charge is -2.46. The van der Waals surface area contributed by atoms with Gasteiger partial charge in [0.2, 0.25) is 17.5 Å². The number of aromatic hydroxyl groups is 5. The van der Waals surface area contributed by atoms with Crippen LogP contribution in [0.3, 0.4) is 0 Å². The number of fused-ring (bicyclic) bond motifs is 1. The second-order valence-electron chi connectivity index (χ2n) is 15.0. The molecular formula is C41H44O22. The summed E-state index contributed by atoms with van der Waals surface area (Å²) in [6, 6.07) is 10.6. The van der Waals surface area contributed by atoms with E-state index in [1.807, 2.05) is 0 Å². The number of aliphatic hydroxyl groups excluding tert-OH is 7. The third-order valence-electron chi connectivity index (χ3n) is 10.5. The molecule has 0 amide bonds. The Morgan fingerprint density at radius 1 is 0.730 bits per heavy atom. The molecule has 0 unspecified atom stereocenters. The van der Waals surface area contributed by atoms with Gasteiger partial charge in [0.1, 0.15) is 83.2 Å². The van der Waals surface area contributed by atoms with Crippen LogP contribution in [0, 0.1) is 0 Å². The molecule has 7 rings (SSSR count). The minimum absolute atomic E-state index is 0.0654. The fraction of sp³-hybridized carbons (Fsp3) is 0.415.